The Hall–Kier alpha value is -5.18. The first-order chi connectivity index (χ1) is 28.9. The molecule has 0 bridgehead atoms. The van der Waals surface area contributed by atoms with Gasteiger partial charge in [0.05, 0.1) is 35.7 Å². The quantitative estimate of drug-likeness (QED) is 0.217. The van der Waals surface area contributed by atoms with Crippen molar-refractivity contribution in [3.05, 3.63) is 90.4 Å². The summed E-state index contributed by atoms with van der Waals surface area (Å²) in [5.74, 6) is -2.70. The number of benzene rings is 2. The zero-order chi connectivity index (χ0) is 44.1. The average Bonchev–Trinajstić information content (AvgIpc) is 3.67. The van der Waals surface area contributed by atoms with E-state index in [4.69, 9.17) is 10.5 Å². The highest BCUT2D eigenvalue weighted by Crippen LogP contribution is 2.34. The number of nitrogens with two attached hydrogens (primary N) is 1. The van der Waals surface area contributed by atoms with Crippen LogP contribution in [0.15, 0.2) is 79.3 Å². The van der Waals surface area contributed by atoms with Gasteiger partial charge in [0, 0.05) is 69.5 Å². The van der Waals surface area contributed by atoms with E-state index in [0.717, 1.165) is 54.4 Å². The predicted octanol–water partition coefficient (Wildman–Crippen LogP) is 6.18. The van der Waals surface area contributed by atoms with E-state index in [1.54, 1.807) is 33.1 Å². The minimum absolute atomic E-state index is 0.121. The van der Waals surface area contributed by atoms with Gasteiger partial charge in [0.15, 0.2) is 6.23 Å². The molecule has 2 aromatic carbocycles. The van der Waals surface area contributed by atoms with Crippen LogP contribution in [0, 0.1) is 10.8 Å². The number of nitrogens with zero attached hydrogens (tertiary/aromatic N) is 7. The summed E-state index contributed by atoms with van der Waals surface area (Å²) < 4.78 is 7.74. The second-order valence-electron chi connectivity index (χ2n) is 19.3. The number of ether oxygens (including phenoxy) is 1. The van der Waals surface area contributed by atoms with Gasteiger partial charge in [-0.3, -0.25) is 34.0 Å². The number of anilines is 1. The van der Waals surface area contributed by atoms with Crippen molar-refractivity contribution >= 4 is 40.2 Å². The van der Waals surface area contributed by atoms with Crippen molar-refractivity contribution in [3.8, 4) is 0 Å². The Labute approximate surface area is 360 Å². The van der Waals surface area contributed by atoms with Gasteiger partial charge in [0.1, 0.15) is 0 Å². The van der Waals surface area contributed by atoms with Gasteiger partial charge in [-0.25, -0.2) is 4.68 Å². The maximum Gasteiger partial charge on any atom is 0.314 e. The predicted molar refractivity (Wildman–Crippen MR) is 237 cm³/mol. The average molecular weight is 836 g/mol. The molecular formula is C47H65N9O5. The van der Waals surface area contributed by atoms with Crippen LogP contribution in [0.1, 0.15) is 104 Å². The Morgan fingerprint density at radius 1 is 0.721 bits per heavy atom. The number of nitrogens with one attached hydrogen (secondary N) is 1. The van der Waals surface area contributed by atoms with Crippen LogP contribution in [0.2, 0.25) is 0 Å². The number of hydrogen-bond donors (Lipinski definition) is 2. The van der Waals surface area contributed by atoms with Crippen molar-refractivity contribution in [2.45, 2.75) is 105 Å². The third-order valence-corrected chi connectivity index (χ3v) is 11.6. The Balaban J connectivity index is 0.000000232. The molecule has 5 atom stereocenters. The third kappa shape index (κ3) is 11.4. The summed E-state index contributed by atoms with van der Waals surface area (Å²) in [6, 6.07) is 19.8. The number of primary amides is 1. The van der Waals surface area contributed by atoms with E-state index in [2.05, 4.69) is 80.6 Å². The van der Waals surface area contributed by atoms with E-state index >= 15 is 0 Å². The SMILES string of the molecule is C[C@@H]1CN(C(=O)C(=O)Nc2cncc3cnn(C4CCCCO4)c23)[C@@H](c2ccccc2)CN1CC(C)(C)C.C[C@@H]1CN(C(=O)C(N)=O)[C@@H](c2ccccc2)CN1CC(C)(C)C. The number of carbonyl (C=O) groups is 4. The molecule has 7 rings (SSSR count). The van der Waals surface area contributed by atoms with Crippen LogP contribution >= 0.6 is 0 Å². The minimum Gasteiger partial charge on any atom is -0.361 e. The van der Waals surface area contributed by atoms with Crippen LogP contribution in [0.3, 0.4) is 0 Å². The van der Waals surface area contributed by atoms with E-state index < -0.39 is 23.6 Å². The maximum atomic E-state index is 13.7. The van der Waals surface area contributed by atoms with Crippen molar-refractivity contribution in [2.75, 3.05) is 51.2 Å². The number of hydrogen-bond acceptors (Lipinski definition) is 9. The zero-order valence-electron chi connectivity index (χ0n) is 37.2. The lowest BCUT2D eigenvalue weighted by atomic mass is 9.92. The molecule has 328 valence electrons. The summed E-state index contributed by atoms with van der Waals surface area (Å²) in [4.78, 5) is 63.3. The molecule has 0 saturated carbocycles. The molecule has 4 amide bonds. The Kier molecular flexibility index (Phi) is 14.3. The molecule has 3 aliphatic heterocycles. The summed E-state index contributed by atoms with van der Waals surface area (Å²) in [6.45, 7) is 22.4. The molecular weight excluding hydrogens is 771 g/mol. The normalized spacial score (nSPS) is 22.9. The Morgan fingerprint density at radius 3 is 1.72 bits per heavy atom. The van der Waals surface area contributed by atoms with Crippen LogP contribution < -0.4 is 11.1 Å². The molecule has 4 aromatic rings. The molecule has 5 heterocycles. The topological polar surface area (TPSA) is 159 Å². The van der Waals surface area contributed by atoms with E-state index in [1.807, 2.05) is 60.7 Å². The molecule has 14 nitrogen and oxygen atoms in total. The standard InChI is InChI=1S/C29H38N6O3.C18H27N3O2/c1-20-17-34(24(21-10-6-5-7-11-21)18-33(20)19-29(2,3)4)28(37)27(36)32-23-16-30-14-22-15-31-35(26(22)23)25-12-8-9-13-38-25;1-13-10-21(17(23)16(19)22)15(14-8-6-5-7-9-14)11-20(13)12-18(2,3)4/h5-7,10-11,14-16,20,24-25H,8-9,12-13,17-19H2,1-4H3,(H,32,36);5-9,13,15H,10-12H2,1-4H3,(H2,19,22)/t20-,24-,25?;13-,15-/m11/s1. The number of rotatable bonds is 6. The van der Waals surface area contributed by atoms with Crippen LogP contribution in [0.4, 0.5) is 5.69 Å². The maximum absolute atomic E-state index is 13.7. The molecule has 3 fully saturated rings. The molecule has 1 unspecified atom stereocenters. The number of piperazine rings is 2. The highest BCUT2D eigenvalue weighted by molar-refractivity contribution is 6.40. The van der Waals surface area contributed by atoms with Crippen molar-refractivity contribution < 1.29 is 23.9 Å². The van der Waals surface area contributed by atoms with Gasteiger partial charge in [-0.05, 0) is 55.1 Å². The minimum atomic E-state index is -0.887. The number of amides is 4. The van der Waals surface area contributed by atoms with Crippen molar-refractivity contribution in [3.63, 3.8) is 0 Å². The molecule has 0 spiro atoms. The van der Waals surface area contributed by atoms with E-state index in [1.165, 1.54) is 0 Å². The van der Waals surface area contributed by atoms with Gasteiger partial charge < -0.3 is 25.6 Å². The first kappa shape index (κ1) is 45.3. The summed E-state index contributed by atoms with van der Waals surface area (Å²) in [7, 11) is 0. The molecule has 3 aliphatic rings. The highest BCUT2D eigenvalue weighted by atomic mass is 16.5. The van der Waals surface area contributed by atoms with Crippen LogP contribution in [0.25, 0.3) is 10.9 Å². The zero-order valence-corrected chi connectivity index (χ0v) is 37.2. The number of carbonyl (C=O) groups excluding carboxylic acids is 4. The molecule has 2 aromatic heterocycles. The number of pyridine rings is 1. The van der Waals surface area contributed by atoms with E-state index in [-0.39, 0.29) is 41.2 Å². The summed E-state index contributed by atoms with van der Waals surface area (Å²) in [5, 5.41) is 8.17. The number of fused-ring (bicyclic) bond motifs is 1. The second-order valence-corrected chi connectivity index (χ2v) is 19.3. The number of aromatic nitrogens is 3. The summed E-state index contributed by atoms with van der Waals surface area (Å²) in [6.07, 6.45) is 7.74. The van der Waals surface area contributed by atoms with Gasteiger partial charge in [-0.15, -0.1) is 0 Å². The highest BCUT2D eigenvalue weighted by Gasteiger charge is 2.40. The molecule has 3 saturated heterocycles. The lowest BCUT2D eigenvalue weighted by Crippen LogP contribution is -2.58. The van der Waals surface area contributed by atoms with Crippen molar-refractivity contribution in [1.29, 1.82) is 0 Å². The molecule has 0 radical (unpaired) electrons. The van der Waals surface area contributed by atoms with Crippen molar-refractivity contribution in [2.24, 2.45) is 16.6 Å². The van der Waals surface area contributed by atoms with Gasteiger partial charge in [-0.2, -0.15) is 5.10 Å². The monoisotopic (exact) mass is 836 g/mol. The summed E-state index contributed by atoms with van der Waals surface area (Å²) in [5.41, 5.74) is 8.78. The fourth-order valence-electron chi connectivity index (χ4n) is 8.76. The van der Waals surface area contributed by atoms with Gasteiger partial charge in [-0.1, -0.05) is 102 Å². The smallest absolute Gasteiger partial charge is 0.314 e. The lowest BCUT2D eigenvalue weighted by molar-refractivity contribution is -0.149. The fourth-order valence-corrected chi connectivity index (χ4v) is 8.76. The van der Waals surface area contributed by atoms with Crippen LogP contribution in [0.5, 0.6) is 0 Å². The lowest BCUT2D eigenvalue weighted by Gasteiger charge is -2.47. The van der Waals surface area contributed by atoms with E-state index in [0.29, 0.717) is 38.5 Å². The first-order valence-corrected chi connectivity index (χ1v) is 21.6. The first-order valence-electron chi connectivity index (χ1n) is 21.6. The van der Waals surface area contributed by atoms with Gasteiger partial charge in [0.25, 0.3) is 0 Å². The Morgan fingerprint density at radius 2 is 1.25 bits per heavy atom. The molecule has 14 heteroatoms. The van der Waals surface area contributed by atoms with Crippen LogP contribution in [-0.4, -0.2) is 116 Å². The van der Waals surface area contributed by atoms with Gasteiger partial charge >= 0.3 is 23.6 Å². The molecule has 0 aliphatic carbocycles. The second kappa shape index (κ2) is 19.3. The van der Waals surface area contributed by atoms with Gasteiger partial charge in [0.2, 0.25) is 0 Å². The van der Waals surface area contributed by atoms with Crippen LogP contribution in [-0.2, 0) is 23.9 Å². The molecule has 3 N–H and O–H groups in total. The fraction of sp³-hybridized carbons (Fsp3) is 0.532. The summed E-state index contributed by atoms with van der Waals surface area (Å²) >= 11 is 0. The third-order valence-electron chi connectivity index (χ3n) is 11.6. The van der Waals surface area contributed by atoms with E-state index in [9.17, 15) is 19.2 Å². The largest absolute Gasteiger partial charge is 0.361 e. The molecule has 61 heavy (non-hydrogen) atoms. The van der Waals surface area contributed by atoms with Crippen molar-refractivity contribution in [1.82, 2.24) is 34.4 Å². The Bertz CT molecular complexity index is 2120.